The molecule has 0 saturated carbocycles. The first-order valence-electron chi connectivity index (χ1n) is 7.15. The van der Waals surface area contributed by atoms with Crippen LogP contribution in [0.15, 0.2) is 24.3 Å². The van der Waals surface area contributed by atoms with E-state index in [4.69, 9.17) is 10.5 Å². The molecule has 1 atom stereocenters. The van der Waals surface area contributed by atoms with Crippen LogP contribution in [0.25, 0.3) is 0 Å². The summed E-state index contributed by atoms with van der Waals surface area (Å²) in [6.07, 6.45) is 2.64. The van der Waals surface area contributed by atoms with Gasteiger partial charge in [0.05, 0.1) is 5.60 Å². The van der Waals surface area contributed by atoms with E-state index in [1.54, 1.807) is 0 Å². The Labute approximate surface area is 115 Å². The number of rotatable bonds is 4. The van der Waals surface area contributed by atoms with Gasteiger partial charge in [0.15, 0.2) is 0 Å². The number of aliphatic hydroxyl groups is 1. The Bertz CT molecular complexity index is 405. The van der Waals surface area contributed by atoms with Crippen LogP contribution >= 0.6 is 0 Å². The van der Waals surface area contributed by atoms with Gasteiger partial charge in [0, 0.05) is 25.2 Å². The summed E-state index contributed by atoms with van der Waals surface area (Å²) >= 11 is 0. The summed E-state index contributed by atoms with van der Waals surface area (Å²) in [4.78, 5) is 0. The quantitative estimate of drug-likeness (QED) is 0.875. The largest absolute Gasteiger partial charge is 0.385 e. The number of ether oxygens (including phenoxy) is 1. The summed E-state index contributed by atoms with van der Waals surface area (Å²) in [6.45, 7) is 5.87. The molecule has 0 bridgehead atoms. The zero-order chi connectivity index (χ0) is 13.9. The molecular weight excluding hydrogens is 238 g/mol. The summed E-state index contributed by atoms with van der Waals surface area (Å²) in [5.74, 6) is 0. The van der Waals surface area contributed by atoms with Gasteiger partial charge in [0.1, 0.15) is 0 Å². The lowest BCUT2D eigenvalue weighted by Gasteiger charge is -2.47. The van der Waals surface area contributed by atoms with Gasteiger partial charge in [-0.1, -0.05) is 31.2 Å². The number of hydrogen-bond donors (Lipinski definition) is 2. The predicted molar refractivity (Wildman–Crippen MR) is 76.9 cm³/mol. The fourth-order valence-electron chi connectivity index (χ4n) is 3.02. The lowest BCUT2D eigenvalue weighted by molar-refractivity contribution is -0.123. The van der Waals surface area contributed by atoms with Crippen molar-refractivity contribution in [2.45, 2.75) is 38.7 Å². The van der Waals surface area contributed by atoms with Crippen LogP contribution in [0.4, 0.5) is 0 Å². The van der Waals surface area contributed by atoms with Crippen LogP contribution in [0, 0.1) is 5.41 Å². The molecule has 3 N–H and O–H groups in total. The van der Waals surface area contributed by atoms with Crippen molar-refractivity contribution in [2.24, 2.45) is 11.1 Å². The molecule has 3 heteroatoms. The number of aryl methyl sites for hydroxylation is 1. The first-order valence-corrected chi connectivity index (χ1v) is 7.15. The van der Waals surface area contributed by atoms with Gasteiger partial charge in [0.2, 0.25) is 0 Å². The third kappa shape index (κ3) is 2.55. The SMILES string of the molecule is CCc1ccc(C(C)(O)C2(CN)CCOCC2)cc1. The van der Waals surface area contributed by atoms with Crippen LogP contribution in [0.2, 0.25) is 0 Å². The molecule has 0 radical (unpaired) electrons. The van der Waals surface area contributed by atoms with Crippen molar-refractivity contribution in [3.8, 4) is 0 Å². The Morgan fingerprint density at radius 1 is 1.26 bits per heavy atom. The molecule has 1 saturated heterocycles. The lowest BCUT2D eigenvalue weighted by Crippen LogP contribution is -2.51. The fraction of sp³-hybridized carbons (Fsp3) is 0.625. The maximum Gasteiger partial charge on any atom is 0.0938 e. The highest BCUT2D eigenvalue weighted by Gasteiger charge is 2.47. The fourth-order valence-corrected chi connectivity index (χ4v) is 3.02. The second-order valence-corrected chi connectivity index (χ2v) is 5.72. The van der Waals surface area contributed by atoms with E-state index >= 15 is 0 Å². The minimum absolute atomic E-state index is 0.279. The first-order chi connectivity index (χ1) is 9.05. The Morgan fingerprint density at radius 3 is 2.32 bits per heavy atom. The summed E-state index contributed by atoms with van der Waals surface area (Å²) in [7, 11) is 0. The van der Waals surface area contributed by atoms with E-state index in [-0.39, 0.29) is 5.41 Å². The van der Waals surface area contributed by atoms with Crippen LogP contribution in [0.1, 0.15) is 37.8 Å². The van der Waals surface area contributed by atoms with Crippen LogP contribution < -0.4 is 5.73 Å². The Balaban J connectivity index is 2.32. The molecule has 2 rings (SSSR count). The van der Waals surface area contributed by atoms with Gasteiger partial charge in [-0.25, -0.2) is 0 Å². The third-order valence-corrected chi connectivity index (χ3v) is 4.80. The molecule has 0 aromatic heterocycles. The van der Waals surface area contributed by atoms with Crippen molar-refractivity contribution in [3.63, 3.8) is 0 Å². The molecular formula is C16H25NO2. The topological polar surface area (TPSA) is 55.5 Å². The Hall–Kier alpha value is -0.900. The average Bonchev–Trinajstić information content (AvgIpc) is 2.47. The smallest absolute Gasteiger partial charge is 0.0938 e. The van der Waals surface area contributed by atoms with Gasteiger partial charge in [-0.3, -0.25) is 0 Å². The number of nitrogens with two attached hydrogens (primary N) is 1. The number of benzene rings is 1. The molecule has 1 aromatic carbocycles. The normalized spacial score (nSPS) is 21.9. The van der Waals surface area contributed by atoms with Gasteiger partial charge >= 0.3 is 0 Å². The van der Waals surface area contributed by atoms with E-state index in [1.807, 2.05) is 19.1 Å². The minimum Gasteiger partial charge on any atom is -0.385 e. The van der Waals surface area contributed by atoms with Gasteiger partial charge in [-0.15, -0.1) is 0 Å². The molecule has 1 aromatic rings. The molecule has 1 aliphatic heterocycles. The van der Waals surface area contributed by atoms with E-state index in [2.05, 4.69) is 19.1 Å². The molecule has 1 aliphatic rings. The highest BCUT2D eigenvalue weighted by atomic mass is 16.5. The first kappa shape index (κ1) is 14.5. The van der Waals surface area contributed by atoms with E-state index in [0.717, 1.165) is 24.8 Å². The van der Waals surface area contributed by atoms with Crippen LogP contribution in [-0.4, -0.2) is 24.9 Å². The standard InChI is InChI=1S/C16H25NO2/c1-3-13-4-6-14(7-5-13)15(2,18)16(12-17)8-10-19-11-9-16/h4-7,18H,3,8-12,17H2,1-2H3. The van der Waals surface area contributed by atoms with Crippen LogP contribution in [0.3, 0.4) is 0 Å². The van der Waals surface area contributed by atoms with Gasteiger partial charge in [0.25, 0.3) is 0 Å². The number of hydrogen-bond acceptors (Lipinski definition) is 3. The molecule has 1 heterocycles. The van der Waals surface area contributed by atoms with E-state index in [0.29, 0.717) is 19.8 Å². The van der Waals surface area contributed by atoms with Gasteiger partial charge in [-0.2, -0.15) is 0 Å². The van der Waals surface area contributed by atoms with E-state index in [1.165, 1.54) is 5.56 Å². The van der Waals surface area contributed by atoms with Crippen molar-refractivity contribution < 1.29 is 9.84 Å². The van der Waals surface area contributed by atoms with Crippen molar-refractivity contribution in [3.05, 3.63) is 35.4 Å². The minimum atomic E-state index is -0.905. The summed E-state index contributed by atoms with van der Waals surface area (Å²) in [5.41, 5.74) is 7.06. The van der Waals surface area contributed by atoms with Crippen LogP contribution in [0.5, 0.6) is 0 Å². The Kier molecular flexibility index (Phi) is 4.29. The molecule has 3 nitrogen and oxygen atoms in total. The molecule has 0 aliphatic carbocycles. The van der Waals surface area contributed by atoms with Crippen molar-refractivity contribution in [1.29, 1.82) is 0 Å². The third-order valence-electron chi connectivity index (χ3n) is 4.80. The zero-order valence-corrected chi connectivity index (χ0v) is 12.0. The predicted octanol–water partition coefficient (Wildman–Crippen LogP) is 2.21. The van der Waals surface area contributed by atoms with E-state index < -0.39 is 5.60 Å². The second kappa shape index (κ2) is 5.61. The zero-order valence-electron chi connectivity index (χ0n) is 12.0. The molecule has 106 valence electrons. The van der Waals surface area contributed by atoms with E-state index in [9.17, 15) is 5.11 Å². The highest BCUT2D eigenvalue weighted by molar-refractivity contribution is 5.29. The maximum atomic E-state index is 11.1. The van der Waals surface area contributed by atoms with Crippen LogP contribution in [-0.2, 0) is 16.8 Å². The average molecular weight is 263 g/mol. The van der Waals surface area contributed by atoms with Crippen molar-refractivity contribution in [2.75, 3.05) is 19.8 Å². The molecule has 0 amide bonds. The second-order valence-electron chi connectivity index (χ2n) is 5.72. The van der Waals surface area contributed by atoms with Crippen molar-refractivity contribution >= 4 is 0 Å². The monoisotopic (exact) mass is 263 g/mol. The Morgan fingerprint density at radius 2 is 1.84 bits per heavy atom. The summed E-state index contributed by atoms with van der Waals surface area (Å²) in [6, 6.07) is 8.25. The van der Waals surface area contributed by atoms with Gasteiger partial charge < -0.3 is 15.6 Å². The lowest BCUT2D eigenvalue weighted by atomic mass is 9.64. The van der Waals surface area contributed by atoms with Gasteiger partial charge in [-0.05, 0) is 37.3 Å². The maximum absolute atomic E-state index is 11.1. The molecule has 19 heavy (non-hydrogen) atoms. The highest BCUT2D eigenvalue weighted by Crippen LogP contribution is 2.46. The molecule has 1 unspecified atom stereocenters. The summed E-state index contributed by atoms with van der Waals surface area (Å²) in [5, 5.41) is 11.1. The molecule has 1 fully saturated rings. The summed E-state index contributed by atoms with van der Waals surface area (Å²) < 4.78 is 5.43. The molecule has 0 spiro atoms. The van der Waals surface area contributed by atoms with Crippen molar-refractivity contribution in [1.82, 2.24) is 0 Å².